The highest BCUT2D eigenvalue weighted by Gasteiger charge is 2.28. The minimum Gasteiger partial charge on any atom is -0.494 e. The number of hydrogen-bond acceptors (Lipinski definition) is 3. The Labute approximate surface area is 128 Å². The normalized spacial score (nSPS) is 23.2. The van der Waals surface area contributed by atoms with Gasteiger partial charge in [0.15, 0.2) is 0 Å². The third kappa shape index (κ3) is 4.72. The second-order valence-electron chi connectivity index (χ2n) is 5.98. The molecule has 21 heavy (non-hydrogen) atoms. The third-order valence-corrected chi connectivity index (χ3v) is 4.41. The fourth-order valence-corrected chi connectivity index (χ4v) is 3.00. The highest BCUT2D eigenvalue weighted by Crippen LogP contribution is 2.29. The average molecular weight is 291 g/mol. The van der Waals surface area contributed by atoms with Gasteiger partial charge in [-0.3, -0.25) is 0 Å². The number of likely N-dealkylation sites (tertiary alicyclic amines) is 1. The van der Waals surface area contributed by atoms with Gasteiger partial charge in [0, 0.05) is 19.0 Å². The summed E-state index contributed by atoms with van der Waals surface area (Å²) in [6.07, 6.45) is 4.16. The van der Waals surface area contributed by atoms with E-state index in [0.29, 0.717) is 0 Å². The minimum atomic E-state index is -0.233. The van der Waals surface area contributed by atoms with Crippen LogP contribution in [0, 0.1) is 0 Å². The first-order valence-corrected chi connectivity index (χ1v) is 8.37. The van der Waals surface area contributed by atoms with Gasteiger partial charge in [0.2, 0.25) is 0 Å². The van der Waals surface area contributed by atoms with E-state index in [1.54, 1.807) is 0 Å². The third-order valence-electron chi connectivity index (χ3n) is 4.41. The zero-order chi connectivity index (χ0) is 15.1. The molecule has 0 aromatic heterocycles. The van der Waals surface area contributed by atoms with Gasteiger partial charge in [0.1, 0.15) is 5.75 Å². The SMILES string of the molecule is CCCCCOc1cccc([C@H]2CN(CC)CC[C@@H]2O)c1. The quantitative estimate of drug-likeness (QED) is 0.781. The van der Waals surface area contributed by atoms with E-state index in [1.165, 1.54) is 18.4 Å². The molecule has 0 aliphatic carbocycles. The van der Waals surface area contributed by atoms with Gasteiger partial charge in [-0.25, -0.2) is 0 Å². The maximum atomic E-state index is 10.3. The molecule has 118 valence electrons. The van der Waals surface area contributed by atoms with Gasteiger partial charge in [-0.2, -0.15) is 0 Å². The Bertz CT molecular complexity index is 421. The Morgan fingerprint density at radius 3 is 2.90 bits per heavy atom. The Balaban J connectivity index is 1.98. The summed E-state index contributed by atoms with van der Waals surface area (Å²) in [5, 5.41) is 10.3. The van der Waals surface area contributed by atoms with Crippen LogP contribution in [0.4, 0.5) is 0 Å². The molecule has 0 unspecified atom stereocenters. The van der Waals surface area contributed by atoms with E-state index in [2.05, 4.69) is 30.9 Å². The second kappa shape index (κ2) is 8.40. The van der Waals surface area contributed by atoms with Crippen LogP contribution >= 0.6 is 0 Å². The molecule has 1 aromatic carbocycles. The average Bonchev–Trinajstić information content (AvgIpc) is 2.52. The van der Waals surface area contributed by atoms with E-state index in [9.17, 15) is 5.11 Å². The summed E-state index contributed by atoms with van der Waals surface area (Å²) < 4.78 is 5.83. The van der Waals surface area contributed by atoms with E-state index in [0.717, 1.165) is 44.8 Å². The minimum absolute atomic E-state index is 0.206. The summed E-state index contributed by atoms with van der Waals surface area (Å²) in [5.74, 6) is 1.14. The van der Waals surface area contributed by atoms with Gasteiger partial charge in [-0.05, 0) is 37.1 Å². The van der Waals surface area contributed by atoms with Crippen molar-refractivity contribution in [3.8, 4) is 5.75 Å². The lowest BCUT2D eigenvalue weighted by atomic mass is 9.88. The fraction of sp³-hybridized carbons (Fsp3) is 0.667. The molecule has 1 aliphatic rings. The predicted molar refractivity (Wildman–Crippen MR) is 86.9 cm³/mol. The standard InChI is InChI=1S/C18H29NO2/c1-3-5-6-12-21-16-9-7-8-15(13-16)17-14-19(4-2)11-10-18(17)20/h7-9,13,17-18,20H,3-6,10-12,14H2,1-2H3/t17-,18+/m1/s1. The van der Waals surface area contributed by atoms with E-state index in [1.807, 2.05) is 12.1 Å². The molecule has 1 N–H and O–H groups in total. The maximum Gasteiger partial charge on any atom is 0.119 e. The number of nitrogens with zero attached hydrogens (tertiary/aromatic N) is 1. The van der Waals surface area contributed by atoms with Gasteiger partial charge in [-0.15, -0.1) is 0 Å². The van der Waals surface area contributed by atoms with Crippen molar-refractivity contribution in [1.82, 2.24) is 4.90 Å². The van der Waals surface area contributed by atoms with Crippen molar-refractivity contribution in [3.05, 3.63) is 29.8 Å². The monoisotopic (exact) mass is 291 g/mol. The molecule has 0 bridgehead atoms. The Hall–Kier alpha value is -1.06. The number of hydrogen-bond donors (Lipinski definition) is 1. The first kappa shape index (κ1) is 16.3. The van der Waals surface area contributed by atoms with E-state index in [4.69, 9.17) is 4.74 Å². The summed E-state index contributed by atoms with van der Waals surface area (Å²) in [6.45, 7) is 8.16. The number of ether oxygens (including phenoxy) is 1. The summed E-state index contributed by atoms with van der Waals surface area (Å²) >= 11 is 0. The van der Waals surface area contributed by atoms with E-state index < -0.39 is 0 Å². The summed E-state index contributed by atoms with van der Waals surface area (Å²) in [6, 6.07) is 8.29. The summed E-state index contributed by atoms with van der Waals surface area (Å²) in [4.78, 5) is 2.41. The van der Waals surface area contributed by atoms with Gasteiger partial charge >= 0.3 is 0 Å². The molecule has 2 atom stereocenters. The molecule has 0 spiro atoms. The molecule has 1 aromatic rings. The Morgan fingerprint density at radius 1 is 1.29 bits per heavy atom. The van der Waals surface area contributed by atoms with Crippen molar-refractivity contribution in [1.29, 1.82) is 0 Å². The smallest absolute Gasteiger partial charge is 0.119 e. The molecular formula is C18H29NO2. The number of unbranched alkanes of at least 4 members (excludes halogenated alkanes) is 2. The number of aliphatic hydroxyl groups excluding tert-OH is 1. The van der Waals surface area contributed by atoms with Gasteiger partial charge in [-0.1, -0.05) is 38.8 Å². The molecule has 2 rings (SSSR count). The molecule has 1 aliphatic heterocycles. The van der Waals surface area contributed by atoms with Gasteiger partial charge < -0.3 is 14.7 Å². The van der Waals surface area contributed by atoms with Crippen LogP contribution in [-0.2, 0) is 0 Å². The van der Waals surface area contributed by atoms with Crippen LogP contribution in [0.15, 0.2) is 24.3 Å². The van der Waals surface area contributed by atoms with Crippen molar-refractivity contribution >= 4 is 0 Å². The lowest BCUT2D eigenvalue weighted by Crippen LogP contribution is -2.41. The topological polar surface area (TPSA) is 32.7 Å². The van der Waals surface area contributed by atoms with E-state index >= 15 is 0 Å². The van der Waals surface area contributed by atoms with Crippen molar-refractivity contribution < 1.29 is 9.84 Å². The van der Waals surface area contributed by atoms with Crippen LogP contribution in [0.5, 0.6) is 5.75 Å². The van der Waals surface area contributed by atoms with Crippen LogP contribution in [0.1, 0.15) is 51.0 Å². The first-order valence-electron chi connectivity index (χ1n) is 8.37. The Morgan fingerprint density at radius 2 is 2.14 bits per heavy atom. The largest absolute Gasteiger partial charge is 0.494 e. The number of likely N-dealkylation sites (N-methyl/N-ethyl adjacent to an activating group) is 1. The zero-order valence-electron chi connectivity index (χ0n) is 13.4. The molecule has 1 heterocycles. The lowest BCUT2D eigenvalue weighted by Gasteiger charge is -2.36. The molecule has 1 saturated heterocycles. The molecule has 3 nitrogen and oxygen atoms in total. The second-order valence-corrected chi connectivity index (χ2v) is 5.98. The number of aliphatic hydroxyl groups is 1. The highest BCUT2D eigenvalue weighted by molar-refractivity contribution is 5.32. The van der Waals surface area contributed by atoms with Gasteiger partial charge in [0.05, 0.1) is 12.7 Å². The predicted octanol–water partition coefficient (Wildman–Crippen LogP) is 3.43. The van der Waals surface area contributed by atoms with Crippen LogP contribution < -0.4 is 4.74 Å². The molecular weight excluding hydrogens is 262 g/mol. The number of benzene rings is 1. The van der Waals surface area contributed by atoms with Crippen LogP contribution in [-0.4, -0.2) is 42.4 Å². The number of rotatable bonds is 7. The molecule has 0 amide bonds. The van der Waals surface area contributed by atoms with Crippen LogP contribution in [0.25, 0.3) is 0 Å². The van der Waals surface area contributed by atoms with Crippen LogP contribution in [0.3, 0.4) is 0 Å². The first-order chi connectivity index (χ1) is 10.2. The fourth-order valence-electron chi connectivity index (χ4n) is 3.00. The molecule has 0 saturated carbocycles. The molecule has 0 radical (unpaired) electrons. The van der Waals surface area contributed by atoms with Gasteiger partial charge in [0.25, 0.3) is 0 Å². The van der Waals surface area contributed by atoms with E-state index in [-0.39, 0.29) is 12.0 Å². The molecule has 1 fully saturated rings. The highest BCUT2D eigenvalue weighted by atomic mass is 16.5. The summed E-state index contributed by atoms with van der Waals surface area (Å²) in [7, 11) is 0. The van der Waals surface area contributed by atoms with Crippen LogP contribution in [0.2, 0.25) is 0 Å². The maximum absolute atomic E-state index is 10.3. The lowest BCUT2D eigenvalue weighted by molar-refractivity contribution is 0.0623. The van der Waals surface area contributed by atoms with Crippen molar-refractivity contribution in [2.45, 2.75) is 51.6 Å². The van der Waals surface area contributed by atoms with Crippen molar-refractivity contribution in [2.24, 2.45) is 0 Å². The van der Waals surface area contributed by atoms with Crippen molar-refractivity contribution in [2.75, 3.05) is 26.2 Å². The summed E-state index contributed by atoms with van der Waals surface area (Å²) in [5.41, 5.74) is 1.20. The zero-order valence-corrected chi connectivity index (χ0v) is 13.4. The number of piperidine rings is 1. The molecule has 3 heteroatoms. The Kier molecular flexibility index (Phi) is 6.52. The van der Waals surface area contributed by atoms with Crippen molar-refractivity contribution in [3.63, 3.8) is 0 Å².